The molecule has 2 unspecified atom stereocenters. The standard InChI is InChI=1S/C29H27Cl2NO4/c1-5-25(33)21-15-19(11-14-26(21)34-4)18-9-12-20(13-10-18)35-16-22-28(32-36-29(22)17(2)3)27-23(30)7-6-8-24(27)31/h5-15,17,21,26H,1,16H2,2-4H3. The van der Waals surface area contributed by atoms with Crippen molar-refractivity contribution in [2.24, 2.45) is 5.92 Å². The molecule has 0 N–H and O–H groups in total. The number of benzene rings is 2. The molecule has 4 rings (SSSR count). The predicted octanol–water partition coefficient (Wildman–Crippen LogP) is 7.69. The van der Waals surface area contributed by atoms with E-state index < -0.39 is 5.92 Å². The van der Waals surface area contributed by atoms with Crippen LogP contribution in [-0.4, -0.2) is 24.2 Å². The summed E-state index contributed by atoms with van der Waals surface area (Å²) in [6.07, 6.45) is 6.80. The Hall–Kier alpha value is -3.12. The molecule has 0 spiro atoms. The maximum Gasteiger partial charge on any atom is 0.164 e. The fraction of sp³-hybridized carbons (Fsp3) is 0.241. The highest BCUT2D eigenvalue weighted by molar-refractivity contribution is 6.39. The van der Waals surface area contributed by atoms with Gasteiger partial charge in [-0.25, -0.2) is 0 Å². The topological polar surface area (TPSA) is 61.6 Å². The van der Waals surface area contributed by atoms with Crippen molar-refractivity contribution < 1.29 is 18.8 Å². The Morgan fingerprint density at radius 3 is 2.47 bits per heavy atom. The van der Waals surface area contributed by atoms with Gasteiger partial charge in [0.1, 0.15) is 23.8 Å². The van der Waals surface area contributed by atoms with Crippen molar-refractivity contribution in [2.75, 3.05) is 7.11 Å². The molecule has 1 aliphatic carbocycles. The van der Waals surface area contributed by atoms with E-state index >= 15 is 0 Å². The summed E-state index contributed by atoms with van der Waals surface area (Å²) in [6.45, 7) is 7.90. The Labute approximate surface area is 221 Å². The van der Waals surface area contributed by atoms with Gasteiger partial charge in [-0.2, -0.15) is 0 Å². The van der Waals surface area contributed by atoms with Crippen LogP contribution < -0.4 is 4.74 Å². The Kier molecular flexibility index (Phi) is 8.14. The minimum atomic E-state index is -0.401. The molecule has 36 heavy (non-hydrogen) atoms. The molecule has 1 heterocycles. The van der Waals surface area contributed by atoms with Crippen molar-refractivity contribution >= 4 is 34.6 Å². The lowest BCUT2D eigenvalue weighted by molar-refractivity contribution is -0.119. The van der Waals surface area contributed by atoms with Gasteiger partial charge in [0, 0.05) is 18.6 Å². The molecule has 0 saturated carbocycles. The van der Waals surface area contributed by atoms with Gasteiger partial charge in [-0.3, -0.25) is 4.79 Å². The zero-order valence-corrected chi connectivity index (χ0v) is 21.8. The van der Waals surface area contributed by atoms with E-state index in [9.17, 15) is 4.79 Å². The average Bonchev–Trinajstić information content (AvgIpc) is 3.30. The van der Waals surface area contributed by atoms with Gasteiger partial charge in [0.15, 0.2) is 5.78 Å². The summed E-state index contributed by atoms with van der Waals surface area (Å²) < 4.78 is 17.2. The summed E-state index contributed by atoms with van der Waals surface area (Å²) in [5, 5.41) is 5.26. The van der Waals surface area contributed by atoms with E-state index in [0.717, 1.165) is 22.5 Å². The lowest BCUT2D eigenvalue weighted by Crippen LogP contribution is -2.27. The summed E-state index contributed by atoms with van der Waals surface area (Å²) in [7, 11) is 1.59. The number of ether oxygens (including phenoxy) is 2. The van der Waals surface area contributed by atoms with Crippen LogP contribution in [0.4, 0.5) is 0 Å². The van der Waals surface area contributed by atoms with E-state index in [1.807, 2.05) is 56.3 Å². The van der Waals surface area contributed by atoms with E-state index in [2.05, 4.69) is 11.7 Å². The molecule has 7 heteroatoms. The van der Waals surface area contributed by atoms with Crippen molar-refractivity contribution in [1.29, 1.82) is 0 Å². The molecule has 1 aromatic heterocycles. The molecule has 186 valence electrons. The average molecular weight is 524 g/mol. The van der Waals surface area contributed by atoms with E-state index in [4.69, 9.17) is 37.2 Å². The second-order valence-electron chi connectivity index (χ2n) is 8.75. The predicted molar refractivity (Wildman–Crippen MR) is 143 cm³/mol. The van der Waals surface area contributed by atoms with Crippen molar-refractivity contribution in [3.8, 4) is 17.0 Å². The van der Waals surface area contributed by atoms with Gasteiger partial charge in [-0.1, -0.05) is 85.2 Å². The Morgan fingerprint density at radius 1 is 1.17 bits per heavy atom. The third-order valence-electron chi connectivity index (χ3n) is 6.09. The van der Waals surface area contributed by atoms with E-state index in [-0.39, 0.29) is 24.4 Å². The van der Waals surface area contributed by atoms with Crippen LogP contribution in [-0.2, 0) is 16.1 Å². The van der Waals surface area contributed by atoms with E-state index in [0.29, 0.717) is 27.1 Å². The molecule has 0 aliphatic heterocycles. The molecule has 0 amide bonds. The summed E-state index contributed by atoms with van der Waals surface area (Å²) in [6, 6.07) is 13.0. The Bertz CT molecular complexity index is 1300. The van der Waals surface area contributed by atoms with Gasteiger partial charge in [0.2, 0.25) is 0 Å². The summed E-state index contributed by atoms with van der Waals surface area (Å²) in [4.78, 5) is 12.3. The van der Waals surface area contributed by atoms with Crippen LogP contribution in [0.1, 0.15) is 36.7 Å². The molecule has 0 radical (unpaired) electrons. The number of aromatic nitrogens is 1. The second kappa shape index (κ2) is 11.3. The van der Waals surface area contributed by atoms with Crippen LogP contribution in [0.5, 0.6) is 5.75 Å². The zero-order chi connectivity index (χ0) is 25.8. The van der Waals surface area contributed by atoms with Crippen LogP contribution in [0.15, 0.2) is 77.9 Å². The lowest BCUT2D eigenvalue weighted by atomic mass is 9.87. The van der Waals surface area contributed by atoms with Crippen LogP contribution in [0.25, 0.3) is 16.8 Å². The zero-order valence-electron chi connectivity index (χ0n) is 20.3. The largest absolute Gasteiger partial charge is 0.489 e. The molecule has 5 nitrogen and oxygen atoms in total. The minimum Gasteiger partial charge on any atom is -0.489 e. The molecule has 0 saturated heterocycles. The van der Waals surface area contributed by atoms with Crippen LogP contribution >= 0.6 is 23.2 Å². The minimum absolute atomic E-state index is 0.0761. The fourth-order valence-electron chi connectivity index (χ4n) is 4.19. The number of carbonyl (C=O) groups is 1. The number of methoxy groups -OCH3 is 1. The number of hydrogen-bond donors (Lipinski definition) is 0. The summed E-state index contributed by atoms with van der Waals surface area (Å²) >= 11 is 12.9. The van der Waals surface area contributed by atoms with Gasteiger partial charge in [0.05, 0.1) is 27.6 Å². The van der Waals surface area contributed by atoms with Gasteiger partial charge < -0.3 is 14.0 Å². The number of nitrogens with zero attached hydrogens (tertiary/aromatic N) is 1. The van der Waals surface area contributed by atoms with Crippen molar-refractivity contribution in [1.82, 2.24) is 5.16 Å². The summed E-state index contributed by atoms with van der Waals surface area (Å²) in [5.41, 5.74) is 3.91. The van der Waals surface area contributed by atoms with Crippen molar-refractivity contribution in [2.45, 2.75) is 32.5 Å². The van der Waals surface area contributed by atoms with Crippen molar-refractivity contribution in [3.63, 3.8) is 0 Å². The maximum atomic E-state index is 12.3. The first kappa shape index (κ1) is 26.0. The van der Waals surface area contributed by atoms with E-state index in [1.165, 1.54) is 6.08 Å². The van der Waals surface area contributed by atoms with Gasteiger partial charge in [0.25, 0.3) is 0 Å². The Morgan fingerprint density at radius 2 is 1.86 bits per heavy atom. The van der Waals surface area contributed by atoms with Crippen molar-refractivity contribution in [3.05, 3.63) is 100 Å². The molecular weight excluding hydrogens is 497 g/mol. The maximum absolute atomic E-state index is 12.3. The molecule has 1 aliphatic rings. The van der Waals surface area contributed by atoms with Gasteiger partial charge in [-0.15, -0.1) is 0 Å². The first-order valence-corrected chi connectivity index (χ1v) is 12.3. The SMILES string of the molecule is C=CC(=O)C1C=C(c2ccc(OCc3c(-c4c(Cl)cccc4Cl)noc3C(C)C)cc2)C=CC1OC. The fourth-order valence-corrected chi connectivity index (χ4v) is 4.77. The smallest absolute Gasteiger partial charge is 0.164 e. The molecular formula is C29H27Cl2NO4. The normalized spacial score (nSPS) is 17.2. The Balaban J connectivity index is 1.56. The molecule has 2 aromatic carbocycles. The van der Waals surface area contributed by atoms with E-state index in [1.54, 1.807) is 25.3 Å². The number of rotatable bonds is 9. The third kappa shape index (κ3) is 5.34. The number of carbonyl (C=O) groups excluding carboxylic acids is 1. The number of halogens is 2. The number of ketones is 1. The van der Waals surface area contributed by atoms with Crippen LogP contribution in [0.2, 0.25) is 10.0 Å². The van der Waals surface area contributed by atoms with Crippen LogP contribution in [0.3, 0.4) is 0 Å². The molecule has 2 atom stereocenters. The van der Waals surface area contributed by atoms with Gasteiger partial charge >= 0.3 is 0 Å². The highest BCUT2D eigenvalue weighted by Crippen LogP contribution is 2.39. The number of allylic oxidation sites excluding steroid dienone is 3. The monoisotopic (exact) mass is 523 g/mol. The second-order valence-corrected chi connectivity index (χ2v) is 9.57. The third-order valence-corrected chi connectivity index (χ3v) is 6.72. The molecule has 0 fully saturated rings. The highest BCUT2D eigenvalue weighted by Gasteiger charge is 2.26. The summed E-state index contributed by atoms with van der Waals surface area (Å²) in [5.74, 6) is 1.02. The van der Waals surface area contributed by atoms with Gasteiger partial charge in [-0.05, 0) is 41.5 Å². The first-order valence-electron chi connectivity index (χ1n) is 11.6. The quantitative estimate of drug-likeness (QED) is 0.269. The first-order chi connectivity index (χ1) is 17.3. The molecule has 3 aromatic rings. The molecule has 0 bridgehead atoms. The lowest BCUT2D eigenvalue weighted by Gasteiger charge is -2.23. The number of hydrogen-bond acceptors (Lipinski definition) is 5. The highest BCUT2D eigenvalue weighted by atomic mass is 35.5. The van der Waals surface area contributed by atoms with Crippen LogP contribution in [0, 0.1) is 5.92 Å².